The molecule has 0 amide bonds. The van der Waals surface area contributed by atoms with Crippen molar-refractivity contribution in [3.63, 3.8) is 0 Å². The Morgan fingerprint density at radius 2 is 1.88 bits per heavy atom. The predicted molar refractivity (Wildman–Crippen MR) is 73.5 cm³/mol. The van der Waals surface area contributed by atoms with E-state index < -0.39 is 0 Å². The molecule has 0 bridgehead atoms. The Morgan fingerprint density at radius 3 is 2.31 bits per heavy atom. The van der Waals surface area contributed by atoms with Crippen LogP contribution in [0.2, 0.25) is 0 Å². The van der Waals surface area contributed by atoms with Gasteiger partial charge in [-0.2, -0.15) is 5.10 Å². The molecule has 0 aliphatic heterocycles. The molecule has 86 valence electrons. The van der Waals surface area contributed by atoms with Crippen molar-refractivity contribution in [1.82, 2.24) is 9.91 Å². The predicted octanol–water partition coefficient (Wildman–Crippen LogP) is 1.05. The molecule has 0 radical (unpaired) electrons. The van der Waals surface area contributed by atoms with E-state index in [0.29, 0.717) is 0 Å². The number of hydrogen-bond donors (Lipinski definition) is 2. The fraction of sp³-hybridized carbons (Fsp3) is 0.273. The molecule has 4 nitrogen and oxygen atoms in total. The van der Waals surface area contributed by atoms with Gasteiger partial charge < -0.3 is 5.73 Å². The van der Waals surface area contributed by atoms with Gasteiger partial charge in [-0.1, -0.05) is 0 Å². The number of thiocarbonyl (C=S) groups is 1. The van der Waals surface area contributed by atoms with Gasteiger partial charge in [0, 0.05) is 0 Å². The average molecular weight is 237 g/mol. The van der Waals surface area contributed by atoms with Crippen LogP contribution in [0.25, 0.3) is 0 Å². The van der Waals surface area contributed by atoms with Gasteiger partial charge in [0.05, 0.1) is 27.4 Å². The molecule has 1 rings (SSSR count). The number of rotatable bonds is 3. The van der Waals surface area contributed by atoms with Gasteiger partial charge in [-0.3, -0.25) is 9.91 Å². The summed E-state index contributed by atoms with van der Waals surface area (Å²) in [6, 6.07) is 8.15. The third kappa shape index (κ3) is 3.96. The number of nitrogens with zero attached hydrogens (tertiary/aromatic N) is 2. The lowest BCUT2D eigenvalue weighted by Crippen LogP contribution is -2.34. The molecule has 1 aromatic rings. The first-order valence-corrected chi connectivity index (χ1v) is 5.31. The summed E-state index contributed by atoms with van der Waals surface area (Å²) in [6.45, 7) is 0. The van der Waals surface area contributed by atoms with Crippen LogP contribution in [-0.2, 0) is 0 Å². The maximum Gasteiger partial charge on any atom is 0.184 e. The van der Waals surface area contributed by atoms with Gasteiger partial charge >= 0.3 is 0 Å². The topological polar surface area (TPSA) is 50.4 Å². The Balaban J connectivity index is 2.72. The van der Waals surface area contributed by atoms with Crippen molar-refractivity contribution >= 4 is 29.2 Å². The van der Waals surface area contributed by atoms with Crippen molar-refractivity contribution < 1.29 is 0 Å². The minimum Gasteiger partial charge on any atom is -0.375 e. The van der Waals surface area contributed by atoms with Crippen LogP contribution in [0, 0.1) is 0 Å². The minimum absolute atomic E-state index is 0.166. The quantitative estimate of drug-likeness (QED) is 0.357. The van der Waals surface area contributed by atoms with E-state index >= 15 is 0 Å². The van der Waals surface area contributed by atoms with E-state index in [1.807, 2.05) is 12.1 Å². The van der Waals surface area contributed by atoms with Crippen LogP contribution in [0.3, 0.4) is 0 Å². The van der Waals surface area contributed by atoms with Crippen LogP contribution in [0.1, 0.15) is 5.56 Å². The SMILES string of the molecule is C[N+](C)(C)c1ccc(/C=N/NC(N)=S)cc1. The minimum atomic E-state index is 0.166. The molecule has 0 unspecified atom stereocenters. The summed E-state index contributed by atoms with van der Waals surface area (Å²) in [4.78, 5) is 0. The van der Waals surface area contributed by atoms with Gasteiger partial charge in [0.2, 0.25) is 0 Å². The van der Waals surface area contributed by atoms with E-state index in [9.17, 15) is 0 Å². The highest BCUT2D eigenvalue weighted by Crippen LogP contribution is 2.16. The molecule has 0 saturated heterocycles. The van der Waals surface area contributed by atoms with E-state index in [-0.39, 0.29) is 5.11 Å². The van der Waals surface area contributed by atoms with Crippen LogP contribution >= 0.6 is 12.2 Å². The van der Waals surface area contributed by atoms with Gasteiger partial charge in [0.25, 0.3) is 0 Å². The highest BCUT2D eigenvalue weighted by molar-refractivity contribution is 7.80. The Labute approximate surface area is 101 Å². The first-order valence-electron chi connectivity index (χ1n) is 4.90. The second kappa shape index (κ2) is 5.05. The Morgan fingerprint density at radius 1 is 1.31 bits per heavy atom. The van der Waals surface area contributed by atoms with Gasteiger partial charge in [-0.15, -0.1) is 0 Å². The lowest BCUT2D eigenvalue weighted by Gasteiger charge is -2.23. The van der Waals surface area contributed by atoms with Crippen molar-refractivity contribution in [2.24, 2.45) is 10.8 Å². The van der Waals surface area contributed by atoms with Crippen LogP contribution < -0.4 is 15.6 Å². The fourth-order valence-corrected chi connectivity index (χ4v) is 1.23. The molecule has 0 aliphatic rings. The summed E-state index contributed by atoms with van der Waals surface area (Å²) >= 11 is 4.63. The molecule has 0 aliphatic carbocycles. The van der Waals surface area contributed by atoms with Gasteiger partial charge in [-0.05, 0) is 42.0 Å². The summed E-state index contributed by atoms with van der Waals surface area (Å²) in [5, 5.41) is 4.05. The van der Waals surface area contributed by atoms with Crippen LogP contribution in [0.5, 0.6) is 0 Å². The first kappa shape index (κ1) is 12.6. The second-order valence-electron chi connectivity index (χ2n) is 4.34. The number of quaternary nitrogens is 1. The second-order valence-corrected chi connectivity index (χ2v) is 4.78. The largest absolute Gasteiger partial charge is 0.375 e. The van der Waals surface area contributed by atoms with E-state index in [4.69, 9.17) is 5.73 Å². The lowest BCUT2D eigenvalue weighted by atomic mass is 10.2. The molecule has 0 saturated carbocycles. The molecule has 3 N–H and O–H groups in total. The molecular weight excluding hydrogens is 220 g/mol. The summed E-state index contributed by atoms with van der Waals surface area (Å²) in [5.41, 5.74) is 9.99. The molecular formula is C11H17N4S+. The van der Waals surface area contributed by atoms with E-state index in [2.05, 4.69) is 56.0 Å². The van der Waals surface area contributed by atoms with Crippen molar-refractivity contribution in [1.29, 1.82) is 0 Å². The standard InChI is InChI=1S/C11H16N4S/c1-15(2,3)10-6-4-9(5-7-10)8-13-14-11(12)16/h4-8H,1-3H3,(H2-,12,14,16)/p+1/b13-8+. The molecule has 0 spiro atoms. The highest BCUT2D eigenvalue weighted by atomic mass is 32.1. The monoisotopic (exact) mass is 237 g/mol. The van der Waals surface area contributed by atoms with Crippen LogP contribution in [-0.4, -0.2) is 32.5 Å². The molecule has 16 heavy (non-hydrogen) atoms. The van der Waals surface area contributed by atoms with Gasteiger partial charge in [-0.25, -0.2) is 0 Å². The molecule has 0 aromatic heterocycles. The maximum atomic E-state index is 5.24. The molecule has 0 fully saturated rings. The summed E-state index contributed by atoms with van der Waals surface area (Å²) in [7, 11) is 6.37. The summed E-state index contributed by atoms with van der Waals surface area (Å²) in [6.07, 6.45) is 1.68. The lowest BCUT2D eigenvalue weighted by molar-refractivity contribution is 0.486. The normalized spacial score (nSPS) is 11.7. The van der Waals surface area contributed by atoms with Gasteiger partial charge in [0.1, 0.15) is 5.69 Å². The smallest absolute Gasteiger partial charge is 0.184 e. The van der Waals surface area contributed by atoms with Crippen molar-refractivity contribution in [3.8, 4) is 0 Å². The van der Waals surface area contributed by atoms with E-state index in [1.165, 1.54) is 5.69 Å². The fourth-order valence-electron chi connectivity index (χ4n) is 1.18. The number of hydrazone groups is 1. The highest BCUT2D eigenvalue weighted by Gasteiger charge is 2.10. The number of nitrogens with two attached hydrogens (primary N) is 1. The molecule has 5 heteroatoms. The third-order valence-corrected chi connectivity index (χ3v) is 2.15. The maximum absolute atomic E-state index is 5.24. The van der Waals surface area contributed by atoms with Crippen molar-refractivity contribution in [2.45, 2.75) is 0 Å². The van der Waals surface area contributed by atoms with Crippen LogP contribution in [0.4, 0.5) is 5.69 Å². The summed E-state index contributed by atoms with van der Waals surface area (Å²) < 4.78 is 0.794. The average Bonchev–Trinajstić information content (AvgIpc) is 2.16. The van der Waals surface area contributed by atoms with E-state index in [1.54, 1.807) is 6.21 Å². The Hall–Kier alpha value is -1.46. The zero-order valence-electron chi connectivity index (χ0n) is 9.77. The Kier molecular flexibility index (Phi) is 3.98. The van der Waals surface area contributed by atoms with E-state index in [0.717, 1.165) is 10.0 Å². The van der Waals surface area contributed by atoms with Crippen LogP contribution in [0.15, 0.2) is 29.4 Å². The Bertz CT molecular complexity index is 389. The third-order valence-electron chi connectivity index (χ3n) is 2.06. The molecule has 1 aromatic carbocycles. The number of benzene rings is 1. The zero-order valence-corrected chi connectivity index (χ0v) is 10.6. The first-order chi connectivity index (χ1) is 7.39. The number of nitrogens with one attached hydrogen (secondary N) is 1. The van der Waals surface area contributed by atoms with Gasteiger partial charge in [0.15, 0.2) is 5.11 Å². The van der Waals surface area contributed by atoms with Crippen molar-refractivity contribution in [3.05, 3.63) is 29.8 Å². The zero-order chi connectivity index (χ0) is 12.2. The number of hydrogen-bond acceptors (Lipinski definition) is 2. The summed E-state index contributed by atoms with van der Waals surface area (Å²) in [5.74, 6) is 0. The van der Waals surface area contributed by atoms with Crippen molar-refractivity contribution in [2.75, 3.05) is 21.1 Å². The molecule has 0 atom stereocenters. The molecule has 0 heterocycles.